The molecule has 5 aliphatic carbocycles. The van der Waals surface area contributed by atoms with E-state index in [9.17, 15) is 0 Å². The minimum atomic E-state index is 0.300. The number of benzene rings is 3. The fourth-order valence-corrected chi connectivity index (χ4v) is 8.62. The molecule has 0 aliphatic heterocycles. The van der Waals surface area contributed by atoms with E-state index in [4.69, 9.17) is 0 Å². The average molecular weight is 649 g/mol. The zero-order valence-corrected chi connectivity index (χ0v) is 28.7. The fourth-order valence-electron chi connectivity index (χ4n) is 8.62. The SMILES string of the molecule is C1=CCCC(C2=CC=C(N(C3=CCC(C4=CCC(n5c6ccccc6c6ccccc65)C=C4)C=C3)C3C=CC(c4ccccc4)=CC3)CC2)=C1. The summed E-state index contributed by atoms with van der Waals surface area (Å²) in [6.45, 7) is 0. The van der Waals surface area contributed by atoms with Crippen LogP contribution in [-0.4, -0.2) is 15.5 Å². The van der Waals surface area contributed by atoms with Gasteiger partial charge >= 0.3 is 0 Å². The van der Waals surface area contributed by atoms with Crippen LogP contribution < -0.4 is 0 Å². The lowest BCUT2D eigenvalue weighted by molar-refractivity contribution is 0.354. The molecule has 4 aromatic rings. The summed E-state index contributed by atoms with van der Waals surface area (Å²) in [4.78, 5) is 2.63. The number of hydrogen-bond acceptors (Lipinski definition) is 1. The summed E-state index contributed by atoms with van der Waals surface area (Å²) in [5.41, 5.74) is 12.5. The molecule has 50 heavy (non-hydrogen) atoms. The van der Waals surface area contributed by atoms with Crippen molar-refractivity contribution in [2.45, 2.75) is 57.0 Å². The first-order chi connectivity index (χ1) is 24.8. The molecule has 0 saturated carbocycles. The van der Waals surface area contributed by atoms with E-state index >= 15 is 0 Å². The molecule has 3 atom stereocenters. The van der Waals surface area contributed by atoms with Gasteiger partial charge in [-0.15, -0.1) is 0 Å². The molecule has 5 aliphatic rings. The van der Waals surface area contributed by atoms with E-state index < -0.39 is 0 Å². The Kier molecular flexibility index (Phi) is 8.30. The first-order valence-electron chi connectivity index (χ1n) is 18.5. The van der Waals surface area contributed by atoms with Gasteiger partial charge in [-0.05, 0) is 97.1 Å². The first-order valence-corrected chi connectivity index (χ1v) is 18.5. The molecule has 0 radical (unpaired) electrons. The van der Waals surface area contributed by atoms with Gasteiger partial charge in [0.1, 0.15) is 0 Å². The van der Waals surface area contributed by atoms with Crippen molar-refractivity contribution in [1.82, 2.24) is 9.47 Å². The molecule has 0 amide bonds. The summed E-state index contributed by atoms with van der Waals surface area (Å²) in [7, 11) is 0. The van der Waals surface area contributed by atoms with Crippen molar-refractivity contribution in [2.75, 3.05) is 0 Å². The second-order valence-corrected chi connectivity index (χ2v) is 14.2. The number of para-hydroxylation sites is 2. The highest BCUT2D eigenvalue weighted by Gasteiger charge is 2.27. The normalized spacial score (nSPS) is 23.2. The van der Waals surface area contributed by atoms with Crippen molar-refractivity contribution in [3.63, 3.8) is 0 Å². The van der Waals surface area contributed by atoms with Gasteiger partial charge in [0.05, 0.1) is 12.1 Å². The molecule has 0 N–H and O–H groups in total. The Hall–Kier alpha value is -5.34. The maximum absolute atomic E-state index is 2.63. The minimum Gasteiger partial charge on any atom is -0.338 e. The topological polar surface area (TPSA) is 8.17 Å². The van der Waals surface area contributed by atoms with Crippen LogP contribution in [0.1, 0.15) is 56.6 Å². The standard InChI is InChI=1S/C48H44N2/c1-3-11-35(12-4-1)37-19-27-41(28-20-37)49(42-29-21-38(22-30-42)36-13-5-2-6-14-36)43-31-23-39(24-32-43)40-25-33-44(34-26-40)50-47-17-9-7-15-45(47)46-16-8-10-18-48(46)50/h1-5,7-13,15-21,23,25-27,29,31-33,39,41,44H,6,14,22,24,28,30,34H2. The largest absolute Gasteiger partial charge is 0.338 e. The van der Waals surface area contributed by atoms with Gasteiger partial charge in [0.25, 0.3) is 0 Å². The second kappa shape index (κ2) is 13.5. The molecule has 1 heterocycles. The summed E-state index contributed by atoms with van der Waals surface area (Å²) >= 11 is 0. The van der Waals surface area contributed by atoms with E-state index in [1.807, 2.05) is 0 Å². The zero-order chi connectivity index (χ0) is 33.3. The van der Waals surface area contributed by atoms with Crippen LogP contribution in [0, 0.1) is 5.92 Å². The van der Waals surface area contributed by atoms with Crippen LogP contribution in [0.25, 0.3) is 27.4 Å². The van der Waals surface area contributed by atoms with E-state index in [2.05, 4.69) is 173 Å². The number of nitrogens with zero attached hydrogens (tertiary/aromatic N) is 2. The quantitative estimate of drug-likeness (QED) is 0.194. The van der Waals surface area contributed by atoms with Crippen molar-refractivity contribution in [3.05, 3.63) is 198 Å². The van der Waals surface area contributed by atoms with Gasteiger partial charge in [-0.25, -0.2) is 0 Å². The molecule has 3 unspecified atom stereocenters. The Balaban J connectivity index is 0.953. The van der Waals surface area contributed by atoms with Crippen molar-refractivity contribution in [2.24, 2.45) is 5.92 Å². The Morgan fingerprint density at radius 2 is 1.38 bits per heavy atom. The van der Waals surface area contributed by atoms with Gasteiger partial charge < -0.3 is 9.47 Å². The minimum absolute atomic E-state index is 0.300. The molecule has 246 valence electrons. The third kappa shape index (κ3) is 5.83. The number of fused-ring (bicyclic) bond motifs is 3. The lowest BCUT2D eigenvalue weighted by atomic mass is 9.86. The summed E-state index contributed by atoms with van der Waals surface area (Å²) < 4.78 is 2.54. The molecule has 0 spiro atoms. The summed E-state index contributed by atoms with van der Waals surface area (Å²) in [6, 6.07) is 29.1. The molecule has 9 rings (SSSR count). The zero-order valence-electron chi connectivity index (χ0n) is 28.7. The predicted molar refractivity (Wildman–Crippen MR) is 211 cm³/mol. The third-order valence-electron chi connectivity index (χ3n) is 11.2. The average Bonchev–Trinajstić information content (AvgIpc) is 3.54. The van der Waals surface area contributed by atoms with E-state index in [1.54, 1.807) is 0 Å². The number of hydrogen-bond donors (Lipinski definition) is 0. The Labute approximate surface area is 296 Å². The molecule has 2 nitrogen and oxygen atoms in total. The Morgan fingerprint density at radius 3 is 2.02 bits per heavy atom. The first kappa shape index (κ1) is 30.7. The molecule has 0 bridgehead atoms. The third-order valence-corrected chi connectivity index (χ3v) is 11.2. The molecule has 0 fully saturated rings. The highest BCUT2D eigenvalue weighted by Crippen LogP contribution is 2.39. The summed E-state index contributed by atoms with van der Waals surface area (Å²) in [6.07, 6.45) is 41.0. The highest BCUT2D eigenvalue weighted by atomic mass is 15.2. The van der Waals surface area contributed by atoms with Crippen molar-refractivity contribution in [1.29, 1.82) is 0 Å². The van der Waals surface area contributed by atoms with Gasteiger partial charge in [0, 0.05) is 39.1 Å². The van der Waals surface area contributed by atoms with Crippen LogP contribution in [-0.2, 0) is 0 Å². The molecular formula is C48H44N2. The predicted octanol–water partition coefficient (Wildman–Crippen LogP) is 12.3. The van der Waals surface area contributed by atoms with Crippen LogP contribution in [0.4, 0.5) is 0 Å². The maximum Gasteiger partial charge on any atom is 0.0560 e. The van der Waals surface area contributed by atoms with Crippen LogP contribution in [0.5, 0.6) is 0 Å². The number of aromatic nitrogens is 1. The lowest BCUT2D eigenvalue weighted by Gasteiger charge is -2.38. The number of rotatable bonds is 7. The van der Waals surface area contributed by atoms with Crippen LogP contribution >= 0.6 is 0 Å². The van der Waals surface area contributed by atoms with Gasteiger partial charge in [-0.1, -0.05) is 140 Å². The molecule has 3 aromatic carbocycles. The molecular weight excluding hydrogens is 605 g/mol. The van der Waals surface area contributed by atoms with Gasteiger partial charge in [0.2, 0.25) is 0 Å². The summed E-state index contributed by atoms with van der Waals surface area (Å²) in [5.74, 6) is 0.403. The number of allylic oxidation sites excluding steroid dienone is 17. The lowest BCUT2D eigenvalue weighted by Crippen LogP contribution is -2.34. The van der Waals surface area contributed by atoms with E-state index in [-0.39, 0.29) is 0 Å². The monoisotopic (exact) mass is 648 g/mol. The second-order valence-electron chi connectivity index (χ2n) is 14.2. The molecule has 2 heteroatoms. The fraction of sp³-hybridized carbons (Fsp3) is 0.208. The van der Waals surface area contributed by atoms with E-state index in [1.165, 1.54) is 61.1 Å². The van der Waals surface area contributed by atoms with Crippen LogP contribution in [0.2, 0.25) is 0 Å². The van der Waals surface area contributed by atoms with Crippen molar-refractivity contribution >= 4 is 27.4 Å². The highest BCUT2D eigenvalue weighted by molar-refractivity contribution is 6.08. The van der Waals surface area contributed by atoms with E-state index in [0.717, 1.165) is 44.9 Å². The molecule has 0 saturated heterocycles. The van der Waals surface area contributed by atoms with Crippen LogP contribution in [0.15, 0.2) is 192 Å². The maximum atomic E-state index is 2.63. The van der Waals surface area contributed by atoms with Crippen molar-refractivity contribution < 1.29 is 0 Å². The van der Waals surface area contributed by atoms with Gasteiger partial charge in [0.15, 0.2) is 0 Å². The molecule has 1 aromatic heterocycles. The van der Waals surface area contributed by atoms with Gasteiger partial charge in [-0.3, -0.25) is 0 Å². The Bertz CT molecular complexity index is 2200. The Morgan fingerprint density at radius 1 is 0.600 bits per heavy atom. The van der Waals surface area contributed by atoms with Crippen molar-refractivity contribution in [3.8, 4) is 0 Å². The van der Waals surface area contributed by atoms with Crippen LogP contribution in [0.3, 0.4) is 0 Å². The van der Waals surface area contributed by atoms with E-state index in [0.29, 0.717) is 18.0 Å². The van der Waals surface area contributed by atoms with Gasteiger partial charge in [-0.2, -0.15) is 0 Å². The smallest absolute Gasteiger partial charge is 0.0560 e. The summed E-state index contributed by atoms with van der Waals surface area (Å²) in [5, 5.41) is 2.68.